The van der Waals surface area contributed by atoms with E-state index in [1.165, 1.54) is 13.8 Å². The van der Waals surface area contributed by atoms with Gasteiger partial charge in [-0.2, -0.15) is 0 Å². The van der Waals surface area contributed by atoms with Crippen LogP contribution < -0.4 is 9.47 Å². The van der Waals surface area contributed by atoms with Gasteiger partial charge in [-0.15, -0.1) is 0 Å². The second kappa shape index (κ2) is 16.5. The third-order valence-corrected chi connectivity index (χ3v) is 10.8. The number of carbonyl (C=O) groups excluding carboxylic acids is 2. The lowest BCUT2D eigenvalue weighted by Crippen LogP contribution is -2.17. The molecule has 4 aromatic rings. The van der Waals surface area contributed by atoms with E-state index in [1.807, 2.05) is 48.5 Å². The van der Waals surface area contributed by atoms with Crippen molar-refractivity contribution in [3.8, 4) is 23.0 Å². The van der Waals surface area contributed by atoms with Crippen LogP contribution in [0.15, 0.2) is 48.5 Å². The van der Waals surface area contributed by atoms with Crippen molar-refractivity contribution < 1.29 is 38.7 Å². The third kappa shape index (κ3) is 10.5. The van der Waals surface area contributed by atoms with Crippen molar-refractivity contribution in [2.45, 2.75) is 158 Å². The quantitative estimate of drug-likeness (QED) is 0.152. The number of phenolic OH excluding ortho intramolecular Hbond substituents is 2. The Bertz CT molecular complexity index is 2040. The Kier molecular flexibility index (Phi) is 12.7. The fourth-order valence-electron chi connectivity index (χ4n) is 7.23. The molecular formula is C50H64O8. The van der Waals surface area contributed by atoms with E-state index in [0.717, 1.165) is 33.4 Å². The molecule has 58 heavy (non-hydrogen) atoms. The Hall–Kier alpha value is -4.66. The van der Waals surface area contributed by atoms with E-state index in [4.69, 9.17) is 18.9 Å². The molecule has 8 nitrogen and oxygen atoms in total. The Balaban J connectivity index is 1.80. The van der Waals surface area contributed by atoms with Crippen molar-refractivity contribution in [3.05, 3.63) is 115 Å². The molecule has 4 aromatic carbocycles. The molecule has 0 amide bonds. The zero-order chi connectivity index (χ0) is 43.1. The molecule has 1 heterocycles. The Labute approximate surface area is 345 Å². The predicted octanol–water partition coefficient (Wildman–Crippen LogP) is 11.1. The maximum atomic E-state index is 12.7. The number of ether oxygens (including phenoxy) is 4. The van der Waals surface area contributed by atoms with Gasteiger partial charge in [0, 0.05) is 60.1 Å². The van der Waals surface area contributed by atoms with Crippen molar-refractivity contribution in [2.24, 2.45) is 0 Å². The number of hydrogen-bond donors (Lipinski definition) is 2. The van der Waals surface area contributed by atoms with Crippen LogP contribution in [0, 0.1) is 0 Å². The molecule has 0 fully saturated rings. The van der Waals surface area contributed by atoms with Crippen LogP contribution in [-0.2, 0) is 80.0 Å². The molecule has 312 valence electrons. The summed E-state index contributed by atoms with van der Waals surface area (Å²) in [6.45, 7) is 28.6. The number of esters is 2. The normalized spacial score (nSPS) is 14.4. The average Bonchev–Trinajstić information content (AvgIpc) is 3.07. The number of rotatable bonds is 2. The Morgan fingerprint density at radius 1 is 0.431 bits per heavy atom. The topological polar surface area (TPSA) is 112 Å². The van der Waals surface area contributed by atoms with Crippen molar-refractivity contribution in [1.29, 1.82) is 0 Å². The SMILES string of the molecule is CC(=O)Oc1c2cc(C(C)(C)C)cc1Cc1cc(C(C)(C)C)cc(c1O)COCc1cc(C(C)(C)C)cc(c1O)Cc1cc(C(C)(C)C)cc(c1OC(C)=O)COC2. The van der Waals surface area contributed by atoms with E-state index in [-0.39, 0.29) is 72.4 Å². The first-order chi connectivity index (χ1) is 26.7. The molecule has 0 saturated heterocycles. The van der Waals surface area contributed by atoms with Gasteiger partial charge in [-0.25, -0.2) is 0 Å². The molecule has 0 aliphatic carbocycles. The molecule has 2 N–H and O–H groups in total. The van der Waals surface area contributed by atoms with E-state index in [9.17, 15) is 19.8 Å². The molecule has 0 aromatic heterocycles. The largest absolute Gasteiger partial charge is 0.507 e. The molecule has 0 saturated carbocycles. The second-order valence-electron chi connectivity index (χ2n) is 20.1. The lowest BCUT2D eigenvalue weighted by molar-refractivity contribution is -0.132. The van der Waals surface area contributed by atoms with Gasteiger partial charge in [0.05, 0.1) is 26.4 Å². The van der Waals surface area contributed by atoms with Gasteiger partial charge in [0.25, 0.3) is 0 Å². The number of phenols is 2. The fourth-order valence-corrected chi connectivity index (χ4v) is 7.23. The van der Waals surface area contributed by atoms with Crippen LogP contribution in [0.3, 0.4) is 0 Å². The van der Waals surface area contributed by atoms with Crippen LogP contribution in [0.4, 0.5) is 0 Å². The summed E-state index contributed by atoms with van der Waals surface area (Å²) in [6.07, 6.45) is 0.543. The van der Waals surface area contributed by atoms with Crippen LogP contribution in [-0.4, -0.2) is 22.2 Å². The summed E-state index contributed by atoms with van der Waals surface area (Å²) in [5.74, 6) is 0.0534. The molecule has 5 rings (SSSR count). The lowest BCUT2D eigenvalue weighted by Gasteiger charge is -2.26. The zero-order valence-corrected chi connectivity index (χ0v) is 37.2. The summed E-state index contributed by atoms with van der Waals surface area (Å²) >= 11 is 0. The third-order valence-electron chi connectivity index (χ3n) is 10.8. The van der Waals surface area contributed by atoms with Crippen molar-refractivity contribution >= 4 is 11.9 Å². The lowest BCUT2D eigenvalue weighted by atomic mass is 9.82. The van der Waals surface area contributed by atoms with Gasteiger partial charge in [-0.3, -0.25) is 9.59 Å². The van der Waals surface area contributed by atoms with E-state index >= 15 is 0 Å². The van der Waals surface area contributed by atoms with Gasteiger partial charge in [-0.1, -0.05) is 107 Å². The second-order valence-corrected chi connectivity index (χ2v) is 20.1. The fraction of sp³-hybridized carbons (Fsp3) is 0.480. The molecule has 1 aliphatic rings. The Morgan fingerprint density at radius 2 is 0.672 bits per heavy atom. The van der Waals surface area contributed by atoms with E-state index in [0.29, 0.717) is 44.9 Å². The maximum Gasteiger partial charge on any atom is 0.308 e. The van der Waals surface area contributed by atoms with Crippen LogP contribution >= 0.6 is 0 Å². The summed E-state index contributed by atoms with van der Waals surface area (Å²) < 4.78 is 24.9. The van der Waals surface area contributed by atoms with Crippen LogP contribution in [0.1, 0.15) is 164 Å². The predicted molar refractivity (Wildman–Crippen MR) is 229 cm³/mol. The molecule has 8 bridgehead atoms. The number of hydrogen-bond acceptors (Lipinski definition) is 8. The zero-order valence-electron chi connectivity index (χ0n) is 37.2. The van der Waals surface area contributed by atoms with E-state index < -0.39 is 11.9 Å². The molecule has 0 radical (unpaired) electrons. The summed E-state index contributed by atoms with van der Waals surface area (Å²) in [5.41, 5.74) is 8.43. The highest BCUT2D eigenvalue weighted by atomic mass is 16.5. The highest BCUT2D eigenvalue weighted by molar-refractivity contribution is 5.72. The highest BCUT2D eigenvalue weighted by Crippen LogP contribution is 2.41. The Morgan fingerprint density at radius 3 is 0.948 bits per heavy atom. The van der Waals surface area contributed by atoms with E-state index in [2.05, 4.69) is 83.1 Å². The molecule has 1 aliphatic heterocycles. The van der Waals surface area contributed by atoms with Crippen molar-refractivity contribution in [3.63, 3.8) is 0 Å². The van der Waals surface area contributed by atoms with Crippen LogP contribution in [0.25, 0.3) is 0 Å². The van der Waals surface area contributed by atoms with Crippen molar-refractivity contribution in [1.82, 2.24) is 0 Å². The number of carbonyl (C=O) groups is 2. The number of benzene rings is 4. The summed E-state index contributed by atoms with van der Waals surface area (Å²) in [4.78, 5) is 25.5. The number of aromatic hydroxyl groups is 2. The van der Waals surface area contributed by atoms with Gasteiger partial charge in [-0.05, 0) is 79.3 Å². The first kappa shape index (κ1) is 44.4. The first-order valence-electron chi connectivity index (χ1n) is 20.3. The maximum absolute atomic E-state index is 12.7. The van der Waals surface area contributed by atoms with Gasteiger partial charge in [0.1, 0.15) is 23.0 Å². The standard InChI is InChI=1S/C50H64O8/c1-29(51)57-45-33-15-31-17-39(47(3,4)5)21-35(43(31)53)25-55-26-36-22-40(48(6,7)8)18-32(44(36)54)16-34-20-42(50(12,13)14)24-38(46(34)58-30(2)52)28-56-27-37(45)23-41(19-33)49(9,10)11/h17-24,53-54H,15-16,25-28H2,1-14H3. The van der Waals surface area contributed by atoms with Gasteiger partial charge < -0.3 is 29.2 Å². The van der Waals surface area contributed by atoms with Crippen LogP contribution in [0.2, 0.25) is 0 Å². The van der Waals surface area contributed by atoms with Crippen LogP contribution in [0.5, 0.6) is 23.0 Å². The first-order valence-corrected chi connectivity index (χ1v) is 20.3. The van der Waals surface area contributed by atoms with Crippen molar-refractivity contribution in [2.75, 3.05) is 0 Å². The van der Waals surface area contributed by atoms with Gasteiger partial charge >= 0.3 is 11.9 Å². The van der Waals surface area contributed by atoms with Gasteiger partial charge in [0.2, 0.25) is 0 Å². The average molecular weight is 793 g/mol. The minimum atomic E-state index is -0.469. The summed E-state index contributed by atoms with van der Waals surface area (Å²) in [6, 6.07) is 16.1. The molecule has 8 heteroatoms. The minimum absolute atomic E-state index is 0.0823. The minimum Gasteiger partial charge on any atom is -0.507 e. The molecule has 0 unspecified atom stereocenters. The molecular weight excluding hydrogens is 729 g/mol. The number of fused-ring (bicyclic) bond motifs is 8. The summed E-state index contributed by atoms with van der Waals surface area (Å²) in [7, 11) is 0. The monoisotopic (exact) mass is 792 g/mol. The summed E-state index contributed by atoms with van der Waals surface area (Å²) in [5, 5.41) is 23.8. The highest BCUT2D eigenvalue weighted by Gasteiger charge is 2.27. The smallest absolute Gasteiger partial charge is 0.308 e. The molecule has 0 atom stereocenters. The van der Waals surface area contributed by atoms with E-state index in [1.54, 1.807) is 0 Å². The van der Waals surface area contributed by atoms with Gasteiger partial charge in [0.15, 0.2) is 0 Å². The molecule has 0 spiro atoms.